The lowest BCUT2D eigenvalue weighted by Gasteiger charge is -1.93. The molecule has 3 aromatic heterocycles. The van der Waals surface area contributed by atoms with E-state index in [4.69, 9.17) is 4.42 Å². The molecule has 1 aliphatic carbocycles. The molecule has 6 nitrogen and oxygen atoms in total. The smallest absolute Gasteiger partial charge is 0.180 e. The van der Waals surface area contributed by atoms with Gasteiger partial charge in [-0.25, -0.2) is 14.6 Å². The molecule has 1 fully saturated rings. The molecule has 4 rings (SSSR count). The van der Waals surface area contributed by atoms with Crippen LogP contribution >= 0.6 is 11.3 Å². The van der Waals surface area contributed by atoms with Crippen molar-refractivity contribution in [1.29, 1.82) is 0 Å². The third-order valence-electron chi connectivity index (χ3n) is 3.05. The highest BCUT2D eigenvalue weighted by atomic mass is 32.1. The maximum absolute atomic E-state index is 5.18. The number of oxazole rings is 1. The molecule has 1 aliphatic rings. The average Bonchev–Trinajstić information content (AvgIpc) is 2.90. The number of rotatable bonds is 4. The molecule has 3 aromatic rings. The van der Waals surface area contributed by atoms with Gasteiger partial charge in [-0.2, -0.15) is 0 Å². The van der Waals surface area contributed by atoms with Gasteiger partial charge in [0.15, 0.2) is 6.39 Å². The second-order valence-electron chi connectivity index (χ2n) is 4.61. The van der Waals surface area contributed by atoms with Crippen LogP contribution < -0.4 is 0 Å². The minimum absolute atomic E-state index is 0.534. The Bertz CT molecular complexity index is 683. The molecule has 0 unspecified atom stereocenters. The Labute approximate surface area is 113 Å². The van der Waals surface area contributed by atoms with Gasteiger partial charge in [-0.05, 0) is 12.8 Å². The van der Waals surface area contributed by atoms with Crippen LogP contribution in [0.3, 0.4) is 0 Å². The van der Waals surface area contributed by atoms with Gasteiger partial charge in [0, 0.05) is 11.3 Å². The number of nitrogens with zero attached hydrogens (tertiary/aromatic N) is 5. The first kappa shape index (κ1) is 10.9. The molecule has 0 spiro atoms. The van der Waals surface area contributed by atoms with Crippen LogP contribution in [-0.2, 0) is 6.54 Å². The SMILES string of the molecule is c1ncc(Cn2cc(-c3csc(C4CC4)n3)nn2)o1. The summed E-state index contributed by atoms with van der Waals surface area (Å²) in [6.07, 6.45) is 7.51. The molecule has 0 amide bonds. The van der Waals surface area contributed by atoms with Crippen molar-refractivity contribution in [3.05, 3.63) is 34.9 Å². The first-order valence-electron chi connectivity index (χ1n) is 6.12. The van der Waals surface area contributed by atoms with Gasteiger partial charge in [-0.1, -0.05) is 5.21 Å². The van der Waals surface area contributed by atoms with Crippen molar-refractivity contribution < 1.29 is 4.42 Å². The molecule has 96 valence electrons. The number of aromatic nitrogens is 5. The van der Waals surface area contributed by atoms with E-state index in [1.54, 1.807) is 22.2 Å². The van der Waals surface area contributed by atoms with Gasteiger partial charge in [0.2, 0.25) is 0 Å². The lowest BCUT2D eigenvalue weighted by atomic mass is 10.3. The normalized spacial score (nSPS) is 14.9. The molecule has 7 heteroatoms. The van der Waals surface area contributed by atoms with Crippen LogP contribution in [0.1, 0.15) is 29.5 Å². The van der Waals surface area contributed by atoms with E-state index in [0.717, 1.165) is 17.1 Å². The van der Waals surface area contributed by atoms with Crippen LogP contribution in [0.25, 0.3) is 11.4 Å². The summed E-state index contributed by atoms with van der Waals surface area (Å²) < 4.78 is 6.91. The summed E-state index contributed by atoms with van der Waals surface area (Å²) in [5, 5.41) is 11.5. The van der Waals surface area contributed by atoms with E-state index < -0.39 is 0 Å². The van der Waals surface area contributed by atoms with Gasteiger partial charge in [-0.15, -0.1) is 16.4 Å². The van der Waals surface area contributed by atoms with Crippen LogP contribution in [0.15, 0.2) is 28.6 Å². The zero-order chi connectivity index (χ0) is 12.7. The van der Waals surface area contributed by atoms with E-state index in [1.165, 1.54) is 24.2 Å². The molecule has 0 radical (unpaired) electrons. The predicted molar refractivity (Wildman–Crippen MR) is 68.7 cm³/mol. The minimum atomic E-state index is 0.534. The Morgan fingerprint density at radius 2 is 2.32 bits per heavy atom. The van der Waals surface area contributed by atoms with Crippen molar-refractivity contribution in [2.45, 2.75) is 25.3 Å². The van der Waals surface area contributed by atoms with E-state index >= 15 is 0 Å². The van der Waals surface area contributed by atoms with E-state index in [-0.39, 0.29) is 0 Å². The average molecular weight is 273 g/mol. The standard InChI is InChI=1S/C12H11N5OS/c1-2-8(1)12-14-11(6-19-12)10-5-17(16-15-10)4-9-3-13-7-18-9/h3,5-8H,1-2,4H2. The Hall–Kier alpha value is -2.02. The third kappa shape index (κ3) is 2.17. The highest BCUT2D eigenvalue weighted by molar-refractivity contribution is 7.10. The third-order valence-corrected chi connectivity index (χ3v) is 4.06. The summed E-state index contributed by atoms with van der Waals surface area (Å²) >= 11 is 1.71. The molecule has 3 heterocycles. The van der Waals surface area contributed by atoms with Crippen molar-refractivity contribution in [2.75, 3.05) is 0 Å². The van der Waals surface area contributed by atoms with Gasteiger partial charge in [-0.3, -0.25) is 0 Å². The van der Waals surface area contributed by atoms with Gasteiger partial charge >= 0.3 is 0 Å². The van der Waals surface area contributed by atoms with Gasteiger partial charge in [0.25, 0.3) is 0 Å². The largest absolute Gasteiger partial charge is 0.447 e. The fourth-order valence-electron chi connectivity index (χ4n) is 1.90. The molecule has 0 N–H and O–H groups in total. The second-order valence-corrected chi connectivity index (χ2v) is 5.50. The van der Waals surface area contributed by atoms with E-state index in [2.05, 4.69) is 25.7 Å². The maximum Gasteiger partial charge on any atom is 0.180 e. The molecule has 0 aromatic carbocycles. The first-order chi connectivity index (χ1) is 9.38. The molecular formula is C12H11N5OS. The van der Waals surface area contributed by atoms with Crippen LogP contribution in [-0.4, -0.2) is 25.0 Å². The lowest BCUT2D eigenvalue weighted by molar-refractivity contribution is 0.471. The van der Waals surface area contributed by atoms with Crippen molar-refractivity contribution in [2.24, 2.45) is 0 Å². The van der Waals surface area contributed by atoms with Gasteiger partial charge < -0.3 is 4.42 Å². The second kappa shape index (κ2) is 4.27. The van der Waals surface area contributed by atoms with Crippen LogP contribution in [0.5, 0.6) is 0 Å². The van der Waals surface area contributed by atoms with Crippen molar-refractivity contribution >= 4 is 11.3 Å². The van der Waals surface area contributed by atoms with Crippen molar-refractivity contribution in [3.8, 4) is 11.4 Å². The molecule has 0 bridgehead atoms. The predicted octanol–water partition coefficient (Wildman–Crippen LogP) is 2.32. The summed E-state index contributed by atoms with van der Waals surface area (Å²) in [6.45, 7) is 0.534. The highest BCUT2D eigenvalue weighted by Crippen LogP contribution is 2.42. The van der Waals surface area contributed by atoms with E-state index in [9.17, 15) is 0 Å². The van der Waals surface area contributed by atoms with Crippen LogP contribution in [0, 0.1) is 0 Å². The maximum atomic E-state index is 5.18. The van der Waals surface area contributed by atoms with Crippen molar-refractivity contribution in [1.82, 2.24) is 25.0 Å². The Morgan fingerprint density at radius 3 is 3.11 bits per heavy atom. The summed E-state index contributed by atoms with van der Waals surface area (Å²) in [5.41, 5.74) is 1.72. The Morgan fingerprint density at radius 1 is 1.37 bits per heavy atom. The molecule has 19 heavy (non-hydrogen) atoms. The van der Waals surface area contributed by atoms with Crippen LogP contribution in [0.2, 0.25) is 0 Å². The highest BCUT2D eigenvalue weighted by Gasteiger charge is 2.27. The molecule has 0 atom stereocenters. The van der Waals surface area contributed by atoms with Crippen LogP contribution in [0.4, 0.5) is 0 Å². The van der Waals surface area contributed by atoms with Crippen molar-refractivity contribution in [3.63, 3.8) is 0 Å². The molecule has 0 aliphatic heterocycles. The lowest BCUT2D eigenvalue weighted by Crippen LogP contribution is -1.98. The summed E-state index contributed by atoms with van der Waals surface area (Å²) in [5.74, 6) is 1.44. The monoisotopic (exact) mass is 273 g/mol. The fourth-order valence-corrected chi connectivity index (χ4v) is 2.88. The molecule has 1 saturated carbocycles. The summed E-state index contributed by atoms with van der Waals surface area (Å²) in [4.78, 5) is 8.49. The summed E-state index contributed by atoms with van der Waals surface area (Å²) in [6, 6.07) is 0. The zero-order valence-corrected chi connectivity index (χ0v) is 10.9. The zero-order valence-electron chi connectivity index (χ0n) is 10.1. The molecular weight excluding hydrogens is 262 g/mol. The van der Waals surface area contributed by atoms with Gasteiger partial charge in [0.1, 0.15) is 23.7 Å². The fraction of sp³-hybridized carbons (Fsp3) is 0.333. The Balaban J connectivity index is 1.56. The van der Waals surface area contributed by atoms with E-state index in [0.29, 0.717) is 12.5 Å². The number of hydrogen-bond donors (Lipinski definition) is 0. The molecule has 0 saturated heterocycles. The van der Waals surface area contributed by atoms with E-state index in [1.807, 2.05) is 6.20 Å². The number of thiazole rings is 1. The minimum Gasteiger partial charge on any atom is -0.447 e. The number of hydrogen-bond acceptors (Lipinski definition) is 6. The van der Waals surface area contributed by atoms with Gasteiger partial charge in [0.05, 0.1) is 17.4 Å². The summed E-state index contributed by atoms with van der Waals surface area (Å²) in [7, 11) is 0. The quantitative estimate of drug-likeness (QED) is 0.729. The topological polar surface area (TPSA) is 69.6 Å². The first-order valence-corrected chi connectivity index (χ1v) is 7.00. The Kier molecular flexibility index (Phi) is 2.44.